The molecule has 0 bridgehead atoms. The van der Waals surface area contributed by atoms with Crippen molar-refractivity contribution >= 4 is 5.91 Å². The van der Waals surface area contributed by atoms with Gasteiger partial charge in [0.25, 0.3) is 0 Å². The third-order valence-electron chi connectivity index (χ3n) is 4.27. The van der Waals surface area contributed by atoms with Gasteiger partial charge in [0.2, 0.25) is 5.91 Å². The van der Waals surface area contributed by atoms with E-state index >= 15 is 0 Å². The fraction of sp³-hybridized carbons (Fsp3) is 0.933. The molecule has 3 nitrogen and oxygen atoms in total. The van der Waals surface area contributed by atoms with Crippen LogP contribution in [0.4, 0.5) is 0 Å². The summed E-state index contributed by atoms with van der Waals surface area (Å²) in [6.45, 7) is 5.06. The van der Waals surface area contributed by atoms with Gasteiger partial charge in [-0.3, -0.25) is 4.79 Å². The van der Waals surface area contributed by atoms with Crippen LogP contribution >= 0.6 is 0 Å². The average Bonchev–Trinajstić information content (AvgIpc) is 2.38. The molecule has 3 N–H and O–H groups in total. The first-order valence-electron chi connectivity index (χ1n) is 7.63. The Labute approximate surface area is 112 Å². The maximum absolute atomic E-state index is 11.9. The molecule has 2 unspecified atom stereocenters. The highest BCUT2D eigenvalue weighted by Gasteiger charge is 2.21. The zero-order valence-corrected chi connectivity index (χ0v) is 12.1. The molecule has 0 aromatic heterocycles. The lowest BCUT2D eigenvalue weighted by Crippen LogP contribution is -2.38. The molecule has 18 heavy (non-hydrogen) atoms. The molecule has 0 radical (unpaired) electrons. The fourth-order valence-corrected chi connectivity index (χ4v) is 2.88. The predicted octanol–water partition coefficient (Wildman–Crippen LogP) is 2.84. The molecule has 1 amide bonds. The number of rotatable bonds is 7. The summed E-state index contributed by atoms with van der Waals surface area (Å²) in [6, 6.07) is 0.350. The fourth-order valence-electron chi connectivity index (χ4n) is 2.88. The summed E-state index contributed by atoms with van der Waals surface area (Å²) in [5.74, 6) is 1.48. The summed E-state index contributed by atoms with van der Waals surface area (Å²) in [5.41, 5.74) is 5.51. The first kappa shape index (κ1) is 15.5. The lowest BCUT2D eigenvalue weighted by molar-refractivity contribution is -0.122. The molecule has 0 aromatic carbocycles. The van der Waals surface area contributed by atoms with Crippen LogP contribution in [0.2, 0.25) is 0 Å². The molecule has 1 aliphatic carbocycles. The molecular formula is C15H30N2O. The van der Waals surface area contributed by atoms with Gasteiger partial charge in [-0.15, -0.1) is 0 Å². The molecule has 1 aliphatic rings. The molecule has 0 heterocycles. The Hall–Kier alpha value is -0.570. The van der Waals surface area contributed by atoms with E-state index in [1.54, 1.807) is 0 Å². The summed E-state index contributed by atoms with van der Waals surface area (Å²) < 4.78 is 0. The van der Waals surface area contributed by atoms with Crippen molar-refractivity contribution in [2.45, 2.75) is 71.3 Å². The van der Waals surface area contributed by atoms with E-state index in [1.165, 1.54) is 32.1 Å². The van der Waals surface area contributed by atoms with Crippen LogP contribution in [0.5, 0.6) is 0 Å². The minimum atomic E-state index is 0.219. The number of carbonyl (C=O) groups excluding carboxylic acids is 1. The molecule has 1 rings (SSSR count). The second-order valence-corrected chi connectivity index (χ2v) is 5.98. The Balaban J connectivity index is 2.18. The topological polar surface area (TPSA) is 55.1 Å². The molecule has 0 saturated heterocycles. The normalized spacial score (nSPS) is 20.4. The van der Waals surface area contributed by atoms with Gasteiger partial charge in [0.1, 0.15) is 0 Å². The molecular weight excluding hydrogens is 224 g/mol. The van der Waals surface area contributed by atoms with Crippen molar-refractivity contribution in [2.24, 2.45) is 17.6 Å². The largest absolute Gasteiger partial charge is 0.353 e. The van der Waals surface area contributed by atoms with Gasteiger partial charge in [0, 0.05) is 12.5 Å². The van der Waals surface area contributed by atoms with E-state index in [2.05, 4.69) is 19.2 Å². The van der Waals surface area contributed by atoms with Crippen LogP contribution in [0.1, 0.15) is 65.2 Å². The van der Waals surface area contributed by atoms with Gasteiger partial charge in [-0.25, -0.2) is 0 Å². The number of nitrogens with one attached hydrogen (secondary N) is 1. The van der Waals surface area contributed by atoms with Gasteiger partial charge in [-0.2, -0.15) is 0 Å². The van der Waals surface area contributed by atoms with E-state index < -0.39 is 0 Å². The van der Waals surface area contributed by atoms with Crippen LogP contribution < -0.4 is 11.1 Å². The maximum atomic E-state index is 11.9. The highest BCUT2D eigenvalue weighted by Crippen LogP contribution is 2.26. The van der Waals surface area contributed by atoms with Crippen LogP contribution in [-0.2, 0) is 4.79 Å². The van der Waals surface area contributed by atoms with Crippen LogP contribution in [0.3, 0.4) is 0 Å². The molecule has 1 saturated carbocycles. The van der Waals surface area contributed by atoms with Gasteiger partial charge in [0.05, 0.1) is 0 Å². The van der Waals surface area contributed by atoms with Gasteiger partial charge < -0.3 is 11.1 Å². The van der Waals surface area contributed by atoms with Gasteiger partial charge >= 0.3 is 0 Å². The summed E-state index contributed by atoms with van der Waals surface area (Å²) in [4.78, 5) is 11.9. The molecule has 0 aliphatic heterocycles. The highest BCUT2D eigenvalue weighted by atomic mass is 16.1. The molecule has 106 valence electrons. The summed E-state index contributed by atoms with van der Waals surface area (Å²) in [7, 11) is 0. The van der Waals surface area contributed by atoms with E-state index in [-0.39, 0.29) is 5.91 Å². The Morgan fingerprint density at radius 1 is 1.22 bits per heavy atom. The lowest BCUT2D eigenvalue weighted by Gasteiger charge is -2.28. The Bertz CT molecular complexity index is 237. The van der Waals surface area contributed by atoms with E-state index in [1.807, 2.05) is 0 Å². The number of nitrogens with two attached hydrogens (primary N) is 1. The van der Waals surface area contributed by atoms with Crippen molar-refractivity contribution < 1.29 is 4.79 Å². The van der Waals surface area contributed by atoms with Crippen LogP contribution in [0.25, 0.3) is 0 Å². The lowest BCUT2D eigenvalue weighted by atomic mass is 9.84. The zero-order chi connectivity index (χ0) is 13.4. The minimum absolute atomic E-state index is 0.219. The number of hydrogen-bond acceptors (Lipinski definition) is 2. The van der Waals surface area contributed by atoms with E-state index in [0.717, 1.165) is 19.4 Å². The highest BCUT2D eigenvalue weighted by molar-refractivity contribution is 5.76. The van der Waals surface area contributed by atoms with Gasteiger partial charge in [-0.1, -0.05) is 26.2 Å². The van der Waals surface area contributed by atoms with E-state index in [9.17, 15) is 4.79 Å². The van der Waals surface area contributed by atoms with Crippen molar-refractivity contribution in [2.75, 3.05) is 6.54 Å². The third kappa shape index (κ3) is 5.85. The first-order chi connectivity index (χ1) is 8.63. The van der Waals surface area contributed by atoms with Crippen molar-refractivity contribution in [1.29, 1.82) is 0 Å². The molecule has 1 fully saturated rings. The maximum Gasteiger partial charge on any atom is 0.220 e. The smallest absolute Gasteiger partial charge is 0.220 e. The van der Waals surface area contributed by atoms with Crippen molar-refractivity contribution in [3.63, 3.8) is 0 Å². The Morgan fingerprint density at radius 2 is 1.89 bits per heavy atom. The number of carbonyl (C=O) groups is 1. The first-order valence-corrected chi connectivity index (χ1v) is 7.63. The van der Waals surface area contributed by atoms with Crippen molar-refractivity contribution in [3.05, 3.63) is 0 Å². The van der Waals surface area contributed by atoms with Crippen molar-refractivity contribution in [3.8, 4) is 0 Å². The third-order valence-corrected chi connectivity index (χ3v) is 4.27. The van der Waals surface area contributed by atoms with E-state index in [4.69, 9.17) is 5.73 Å². The van der Waals surface area contributed by atoms with Crippen molar-refractivity contribution in [1.82, 2.24) is 5.32 Å². The summed E-state index contributed by atoms with van der Waals surface area (Å²) in [5, 5.41) is 3.18. The quantitative estimate of drug-likeness (QED) is 0.734. The van der Waals surface area contributed by atoms with E-state index in [0.29, 0.717) is 24.3 Å². The zero-order valence-electron chi connectivity index (χ0n) is 12.1. The molecule has 2 atom stereocenters. The summed E-state index contributed by atoms with van der Waals surface area (Å²) in [6.07, 6.45) is 9.23. The molecule has 0 aromatic rings. The van der Waals surface area contributed by atoms with Gasteiger partial charge in [-0.05, 0) is 51.0 Å². The SMILES string of the molecule is CC(CCN)CCC(=O)NC(C)C1CCCCC1. The second kappa shape index (κ2) is 8.52. The monoisotopic (exact) mass is 254 g/mol. The van der Waals surface area contributed by atoms with Crippen LogP contribution in [0, 0.1) is 11.8 Å². The predicted molar refractivity (Wildman–Crippen MR) is 76.2 cm³/mol. The Morgan fingerprint density at radius 3 is 2.50 bits per heavy atom. The number of hydrogen-bond donors (Lipinski definition) is 2. The molecule has 0 spiro atoms. The molecule has 3 heteroatoms. The minimum Gasteiger partial charge on any atom is -0.353 e. The summed E-state index contributed by atoms with van der Waals surface area (Å²) >= 11 is 0. The van der Waals surface area contributed by atoms with Crippen LogP contribution in [-0.4, -0.2) is 18.5 Å². The van der Waals surface area contributed by atoms with Gasteiger partial charge in [0.15, 0.2) is 0 Å². The Kier molecular flexibility index (Phi) is 7.33. The standard InChI is InChI=1S/C15H30N2O/c1-12(10-11-16)8-9-15(18)17-13(2)14-6-4-3-5-7-14/h12-14H,3-11,16H2,1-2H3,(H,17,18). The average molecular weight is 254 g/mol. The number of amides is 1. The second-order valence-electron chi connectivity index (χ2n) is 5.98. The van der Waals surface area contributed by atoms with Crippen LogP contribution in [0.15, 0.2) is 0 Å².